The van der Waals surface area contributed by atoms with Gasteiger partial charge in [0.1, 0.15) is 6.10 Å². The fraction of sp³-hybridized carbons (Fsp3) is 0.912. The lowest BCUT2D eigenvalue weighted by Gasteiger charge is -2.58. The van der Waals surface area contributed by atoms with Crippen LogP contribution in [0.5, 0.6) is 0 Å². The van der Waals surface area contributed by atoms with Crippen molar-refractivity contribution in [3.63, 3.8) is 0 Å². The van der Waals surface area contributed by atoms with Crippen molar-refractivity contribution >= 4 is 5.97 Å². The van der Waals surface area contributed by atoms with Gasteiger partial charge in [0.2, 0.25) is 0 Å². The van der Waals surface area contributed by atoms with Gasteiger partial charge in [0, 0.05) is 19.4 Å². The van der Waals surface area contributed by atoms with E-state index in [1.165, 1.54) is 57.8 Å². The molecule has 0 amide bonds. The number of allylic oxidation sites excluding steroid dienone is 1. The molecule has 0 bridgehead atoms. The van der Waals surface area contributed by atoms with E-state index in [0.29, 0.717) is 23.7 Å². The molecule has 4 aliphatic rings. The summed E-state index contributed by atoms with van der Waals surface area (Å²) in [5, 5.41) is 8.98. The number of aliphatic hydroxyl groups is 1. The minimum atomic E-state index is -0.0745. The summed E-state index contributed by atoms with van der Waals surface area (Å²) in [4.78, 5) is 12.3. The molecular weight excluding hydrogens is 456 g/mol. The Balaban J connectivity index is 1.39. The maximum Gasteiger partial charge on any atom is 0.306 e. The molecule has 3 fully saturated rings. The van der Waals surface area contributed by atoms with Crippen LogP contribution < -0.4 is 0 Å². The summed E-state index contributed by atoms with van der Waals surface area (Å²) >= 11 is 0. The number of rotatable bonds is 11. The van der Waals surface area contributed by atoms with Gasteiger partial charge in [0.15, 0.2) is 0 Å². The van der Waals surface area contributed by atoms with E-state index < -0.39 is 0 Å². The second-order valence-electron chi connectivity index (χ2n) is 14.5. The van der Waals surface area contributed by atoms with E-state index in [4.69, 9.17) is 9.84 Å². The van der Waals surface area contributed by atoms with Crippen molar-refractivity contribution in [3.8, 4) is 0 Å². The zero-order chi connectivity index (χ0) is 26.8. The van der Waals surface area contributed by atoms with Crippen molar-refractivity contribution in [1.82, 2.24) is 0 Å². The summed E-state index contributed by atoms with van der Waals surface area (Å²) in [5.41, 5.74) is 2.43. The first-order valence-corrected chi connectivity index (χ1v) is 16.1. The maximum absolute atomic E-state index is 12.3. The first-order chi connectivity index (χ1) is 17.6. The lowest BCUT2D eigenvalue weighted by atomic mass is 9.47. The van der Waals surface area contributed by atoms with Gasteiger partial charge >= 0.3 is 5.97 Å². The van der Waals surface area contributed by atoms with Crippen molar-refractivity contribution in [3.05, 3.63) is 11.6 Å². The summed E-state index contributed by atoms with van der Waals surface area (Å²) < 4.78 is 5.89. The lowest BCUT2D eigenvalue weighted by Crippen LogP contribution is -2.51. The van der Waals surface area contributed by atoms with E-state index >= 15 is 0 Å². The van der Waals surface area contributed by atoms with Crippen molar-refractivity contribution < 1.29 is 14.6 Å². The molecule has 3 saturated carbocycles. The van der Waals surface area contributed by atoms with Crippen LogP contribution in [0.15, 0.2) is 11.6 Å². The average Bonchev–Trinajstić information content (AvgIpc) is 3.22. The molecule has 0 aliphatic heterocycles. The van der Waals surface area contributed by atoms with Gasteiger partial charge in [-0.15, -0.1) is 0 Å². The van der Waals surface area contributed by atoms with Crippen LogP contribution in [0.25, 0.3) is 0 Å². The maximum atomic E-state index is 12.3. The molecule has 0 aromatic rings. The quantitative estimate of drug-likeness (QED) is 0.170. The molecular formula is C34H58O3. The highest BCUT2D eigenvalue weighted by atomic mass is 16.5. The number of hydrogen-bond donors (Lipinski definition) is 1. The van der Waals surface area contributed by atoms with E-state index in [9.17, 15) is 4.79 Å². The standard InChI is InChI=1S/C34H58O3/c1-7-25(23(2)3)12-11-24(4)29-15-16-30-28-14-13-26-22-27(37-32(36)10-8-9-21-35)17-19-33(26,5)31(28)18-20-34(29,30)6/h13,23-25,27-31,35H,7-12,14-22H2,1-6H3. The number of unbranched alkanes of at least 4 members (excludes halogenated alkanes) is 1. The molecule has 4 aliphatic carbocycles. The van der Waals surface area contributed by atoms with Gasteiger partial charge in [-0.3, -0.25) is 4.79 Å². The fourth-order valence-corrected chi connectivity index (χ4v) is 10.0. The van der Waals surface area contributed by atoms with Crippen molar-refractivity contribution in [2.45, 2.75) is 138 Å². The van der Waals surface area contributed by atoms with E-state index in [2.05, 4.69) is 47.6 Å². The van der Waals surface area contributed by atoms with Gasteiger partial charge in [-0.2, -0.15) is 0 Å². The predicted octanol–water partition coefficient (Wildman–Crippen LogP) is 8.74. The summed E-state index contributed by atoms with van der Waals surface area (Å²) in [6.45, 7) is 15.2. The molecule has 0 aromatic carbocycles. The fourth-order valence-electron chi connectivity index (χ4n) is 10.0. The Hall–Kier alpha value is -0.830. The van der Waals surface area contributed by atoms with Crippen molar-refractivity contribution in [2.75, 3.05) is 6.61 Å². The molecule has 3 nitrogen and oxygen atoms in total. The van der Waals surface area contributed by atoms with E-state index in [-0.39, 0.29) is 18.7 Å². The largest absolute Gasteiger partial charge is 0.462 e. The molecule has 212 valence electrons. The van der Waals surface area contributed by atoms with E-state index in [1.54, 1.807) is 5.57 Å². The molecule has 0 spiro atoms. The molecule has 9 unspecified atom stereocenters. The zero-order valence-electron chi connectivity index (χ0n) is 25.1. The Labute approximate surface area is 228 Å². The highest BCUT2D eigenvalue weighted by Gasteiger charge is 2.59. The van der Waals surface area contributed by atoms with Crippen LogP contribution in [-0.4, -0.2) is 23.8 Å². The molecule has 0 aromatic heterocycles. The second-order valence-corrected chi connectivity index (χ2v) is 14.5. The number of aliphatic hydroxyl groups excluding tert-OH is 1. The molecule has 9 atom stereocenters. The second kappa shape index (κ2) is 12.1. The lowest BCUT2D eigenvalue weighted by molar-refractivity contribution is -0.151. The van der Waals surface area contributed by atoms with Crippen LogP contribution in [0.4, 0.5) is 0 Å². The number of carbonyl (C=O) groups excluding carboxylic acids is 1. The molecule has 0 heterocycles. The highest BCUT2D eigenvalue weighted by Crippen LogP contribution is 2.67. The minimum Gasteiger partial charge on any atom is -0.462 e. The van der Waals surface area contributed by atoms with Crippen LogP contribution >= 0.6 is 0 Å². The molecule has 37 heavy (non-hydrogen) atoms. The summed E-state index contributed by atoms with van der Waals surface area (Å²) in [7, 11) is 0. The zero-order valence-corrected chi connectivity index (χ0v) is 25.1. The Morgan fingerprint density at radius 3 is 2.54 bits per heavy atom. The van der Waals surface area contributed by atoms with Gasteiger partial charge in [-0.1, -0.05) is 66.0 Å². The average molecular weight is 515 g/mol. The molecule has 0 radical (unpaired) electrons. The Morgan fingerprint density at radius 2 is 1.84 bits per heavy atom. The third-order valence-electron chi connectivity index (χ3n) is 12.4. The summed E-state index contributed by atoms with van der Waals surface area (Å²) in [6, 6.07) is 0. The number of esters is 1. The summed E-state index contributed by atoms with van der Waals surface area (Å²) in [5.74, 6) is 5.94. The van der Waals surface area contributed by atoms with Gasteiger partial charge in [-0.25, -0.2) is 0 Å². The Kier molecular flexibility index (Phi) is 9.56. The Morgan fingerprint density at radius 1 is 1.05 bits per heavy atom. The molecule has 1 N–H and O–H groups in total. The molecule has 3 heteroatoms. The van der Waals surface area contributed by atoms with Gasteiger partial charge in [0.05, 0.1) is 0 Å². The van der Waals surface area contributed by atoms with E-state index in [0.717, 1.165) is 60.7 Å². The summed E-state index contributed by atoms with van der Waals surface area (Å²) in [6.07, 6.45) is 18.7. The van der Waals surface area contributed by atoms with Gasteiger partial charge < -0.3 is 9.84 Å². The predicted molar refractivity (Wildman–Crippen MR) is 153 cm³/mol. The van der Waals surface area contributed by atoms with Crippen LogP contribution in [0.3, 0.4) is 0 Å². The van der Waals surface area contributed by atoms with Crippen molar-refractivity contribution in [1.29, 1.82) is 0 Å². The number of carbonyl (C=O) groups is 1. The number of hydrogen-bond acceptors (Lipinski definition) is 3. The smallest absolute Gasteiger partial charge is 0.306 e. The third kappa shape index (κ3) is 5.87. The van der Waals surface area contributed by atoms with Crippen LogP contribution in [0.1, 0.15) is 131 Å². The van der Waals surface area contributed by atoms with Gasteiger partial charge in [0.25, 0.3) is 0 Å². The van der Waals surface area contributed by atoms with Crippen molar-refractivity contribution in [2.24, 2.45) is 52.3 Å². The first kappa shape index (κ1) is 29.2. The molecule has 0 saturated heterocycles. The normalized spacial score (nSPS) is 38.8. The minimum absolute atomic E-state index is 0.0563. The Bertz CT molecular complexity index is 801. The molecule has 4 rings (SSSR count). The highest BCUT2D eigenvalue weighted by molar-refractivity contribution is 5.69. The number of ether oxygens (including phenoxy) is 1. The van der Waals surface area contributed by atoms with Crippen LogP contribution in [0.2, 0.25) is 0 Å². The van der Waals surface area contributed by atoms with Gasteiger partial charge in [-0.05, 0) is 116 Å². The first-order valence-electron chi connectivity index (χ1n) is 16.1. The SMILES string of the molecule is CCC(CCC(C)C1CCC2C3CC=C4CC(OC(=O)CCCCO)CCC4(C)C3CCC12C)C(C)C. The van der Waals surface area contributed by atoms with Crippen LogP contribution in [0, 0.1) is 52.3 Å². The topological polar surface area (TPSA) is 46.5 Å². The monoisotopic (exact) mass is 514 g/mol. The van der Waals surface area contributed by atoms with E-state index in [1.807, 2.05) is 0 Å². The van der Waals surface area contributed by atoms with Crippen LogP contribution in [-0.2, 0) is 9.53 Å². The third-order valence-corrected chi connectivity index (χ3v) is 12.4. The number of fused-ring (bicyclic) bond motifs is 5.